The van der Waals surface area contributed by atoms with Crippen LogP contribution < -0.4 is 10.9 Å². The number of aromatic amines is 1. The molecule has 2 fully saturated rings. The summed E-state index contributed by atoms with van der Waals surface area (Å²) in [5, 5.41) is 6.54. The minimum Gasteiger partial charge on any atom is -0.339 e. The van der Waals surface area contributed by atoms with Crippen molar-refractivity contribution in [3.05, 3.63) is 27.7 Å². The van der Waals surface area contributed by atoms with Gasteiger partial charge in [-0.15, -0.1) is 0 Å². The van der Waals surface area contributed by atoms with Gasteiger partial charge in [-0.05, 0) is 44.2 Å². The summed E-state index contributed by atoms with van der Waals surface area (Å²) in [6.45, 7) is 5.51. The van der Waals surface area contributed by atoms with Crippen LogP contribution in [-0.2, 0) is 7.05 Å². The third kappa shape index (κ3) is 2.34. The SMILES string of the molecule is Cc1cc(C(=O)N2CCC3(CCNC3)CC2)c2c(=O)[nH]n(C)c2n1. The second-order valence-electron chi connectivity index (χ2n) is 7.23. The maximum atomic E-state index is 13.1. The van der Waals surface area contributed by atoms with Crippen molar-refractivity contribution < 1.29 is 4.79 Å². The van der Waals surface area contributed by atoms with Gasteiger partial charge in [-0.2, -0.15) is 0 Å². The highest BCUT2D eigenvalue weighted by Crippen LogP contribution is 2.37. The number of hydrogen-bond donors (Lipinski definition) is 2. The first kappa shape index (κ1) is 15.4. The topological polar surface area (TPSA) is 83.0 Å². The number of piperidine rings is 1. The lowest BCUT2D eigenvalue weighted by Gasteiger charge is -2.39. The van der Waals surface area contributed by atoms with Gasteiger partial charge in [0.2, 0.25) is 0 Å². The second kappa shape index (κ2) is 5.44. The number of nitrogens with zero attached hydrogens (tertiary/aromatic N) is 3. The van der Waals surface area contributed by atoms with Gasteiger partial charge in [-0.1, -0.05) is 0 Å². The van der Waals surface area contributed by atoms with Crippen LogP contribution in [0.15, 0.2) is 10.9 Å². The number of amides is 1. The molecule has 128 valence electrons. The molecule has 1 spiro atoms. The standard InChI is InChI=1S/C17H23N5O2/c1-11-9-12(13-14(19-11)21(2)20-15(13)23)16(24)22-7-4-17(5-8-22)3-6-18-10-17/h9,18H,3-8,10H2,1-2H3,(H,20,23). The summed E-state index contributed by atoms with van der Waals surface area (Å²) in [5.41, 5.74) is 1.87. The Balaban J connectivity index is 1.66. The molecular formula is C17H23N5O2. The molecule has 0 radical (unpaired) electrons. The van der Waals surface area contributed by atoms with Gasteiger partial charge in [-0.25, -0.2) is 4.98 Å². The van der Waals surface area contributed by atoms with Crippen molar-refractivity contribution >= 4 is 16.9 Å². The first-order valence-electron chi connectivity index (χ1n) is 8.55. The van der Waals surface area contributed by atoms with Crippen LogP contribution in [-0.4, -0.2) is 51.8 Å². The van der Waals surface area contributed by atoms with Crippen molar-refractivity contribution in [3.8, 4) is 0 Å². The fourth-order valence-electron chi connectivity index (χ4n) is 4.13. The van der Waals surface area contributed by atoms with Crippen LogP contribution in [0.2, 0.25) is 0 Å². The zero-order valence-electron chi connectivity index (χ0n) is 14.2. The summed E-state index contributed by atoms with van der Waals surface area (Å²) < 4.78 is 1.58. The van der Waals surface area contributed by atoms with Gasteiger partial charge in [0.05, 0.1) is 10.9 Å². The van der Waals surface area contributed by atoms with Crippen LogP contribution in [0, 0.1) is 12.3 Å². The van der Waals surface area contributed by atoms with Crippen LogP contribution in [0.3, 0.4) is 0 Å². The average molecular weight is 329 g/mol. The first-order valence-corrected chi connectivity index (χ1v) is 8.55. The molecule has 2 saturated heterocycles. The number of aryl methyl sites for hydroxylation is 2. The second-order valence-corrected chi connectivity index (χ2v) is 7.23. The van der Waals surface area contributed by atoms with Crippen molar-refractivity contribution in [1.29, 1.82) is 0 Å². The van der Waals surface area contributed by atoms with Gasteiger partial charge in [0.1, 0.15) is 0 Å². The van der Waals surface area contributed by atoms with E-state index in [1.165, 1.54) is 6.42 Å². The van der Waals surface area contributed by atoms with E-state index in [2.05, 4.69) is 15.4 Å². The van der Waals surface area contributed by atoms with E-state index in [9.17, 15) is 9.59 Å². The highest BCUT2D eigenvalue weighted by Gasteiger charge is 2.38. The van der Waals surface area contributed by atoms with E-state index < -0.39 is 0 Å². The van der Waals surface area contributed by atoms with E-state index in [0.717, 1.165) is 44.7 Å². The van der Waals surface area contributed by atoms with Gasteiger partial charge in [-0.3, -0.25) is 19.4 Å². The van der Waals surface area contributed by atoms with Crippen LogP contribution >= 0.6 is 0 Å². The number of pyridine rings is 1. The Bertz CT molecular complexity index is 850. The number of likely N-dealkylation sites (tertiary alicyclic amines) is 1. The van der Waals surface area contributed by atoms with Crippen LogP contribution in [0.5, 0.6) is 0 Å². The number of hydrogen-bond acceptors (Lipinski definition) is 4. The van der Waals surface area contributed by atoms with Crippen LogP contribution in [0.1, 0.15) is 35.3 Å². The monoisotopic (exact) mass is 329 g/mol. The van der Waals surface area contributed by atoms with Crippen molar-refractivity contribution in [2.75, 3.05) is 26.2 Å². The van der Waals surface area contributed by atoms with Gasteiger partial charge in [0, 0.05) is 32.4 Å². The maximum absolute atomic E-state index is 13.1. The lowest BCUT2D eigenvalue weighted by Crippen LogP contribution is -2.44. The molecule has 2 aliphatic rings. The fourth-order valence-corrected chi connectivity index (χ4v) is 4.13. The molecule has 7 heteroatoms. The first-order chi connectivity index (χ1) is 11.5. The Morgan fingerprint density at radius 1 is 1.29 bits per heavy atom. The van der Waals surface area contributed by atoms with Gasteiger partial charge in [0.25, 0.3) is 11.5 Å². The molecular weight excluding hydrogens is 306 g/mol. The third-order valence-electron chi connectivity index (χ3n) is 5.62. The smallest absolute Gasteiger partial charge is 0.274 e. The molecule has 2 aliphatic heterocycles. The van der Waals surface area contributed by atoms with E-state index in [1.54, 1.807) is 17.8 Å². The molecule has 0 atom stereocenters. The number of H-pyrrole nitrogens is 1. The van der Waals surface area contributed by atoms with Gasteiger partial charge in [0.15, 0.2) is 5.65 Å². The molecule has 4 heterocycles. The number of carbonyl (C=O) groups is 1. The molecule has 0 bridgehead atoms. The third-order valence-corrected chi connectivity index (χ3v) is 5.62. The summed E-state index contributed by atoms with van der Waals surface area (Å²) in [4.78, 5) is 31.6. The summed E-state index contributed by atoms with van der Waals surface area (Å²) >= 11 is 0. The quantitative estimate of drug-likeness (QED) is 0.810. The van der Waals surface area contributed by atoms with E-state index in [1.807, 2.05) is 11.8 Å². The molecule has 0 aliphatic carbocycles. The summed E-state index contributed by atoms with van der Waals surface area (Å²) in [6, 6.07) is 1.74. The van der Waals surface area contributed by atoms with Crippen molar-refractivity contribution in [2.45, 2.75) is 26.2 Å². The van der Waals surface area contributed by atoms with Gasteiger partial charge >= 0.3 is 0 Å². The Hall–Kier alpha value is -2.15. The lowest BCUT2D eigenvalue weighted by molar-refractivity contribution is 0.0609. The fraction of sp³-hybridized carbons (Fsp3) is 0.588. The Morgan fingerprint density at radius 2 is 2.04 bits per heavy atom. The van der Waals surface area contributed by atoms with E-state index in [0.29, 0.717) is 22.0 Å². The number of nitrogens with one attached hydrogen (secondary N) is 2. The molecule has 2 aromatic heterocycles. The van der Waals surface area contributed by atoms with Crippen molar-refractivity contribution in [3.63, 3.8) is 0 Å². The highest BCUT2D eigenvalue weighted by molar-refractivity contribution is 6.05. The van der Waals surface area contributed by atoms with E-state index in [-0.39, 0.29) is 11.5 Å². The molecule has 1 amide bonds. The molecule has 0 saturated carbocycles. The molecule has 0 unspecified atom stereocenters. The largest absolute Gasteiger partial charge is 0.339 e. The zero-order chi connectivity index (χ0) is 16.9. The number of fused-ring (bicyclic) bond motifs is 1. The Kier molecular flexibility index (Phi) is 3.49. The maximum Gasteiger partial charge on any atom is 0.274 e. The minimum atomic E-state index is -0.253. The van der Waals surface area contributed by atoms with E-state index >= 15 is 0 Å². The minimum absolute atomic E-state index is 0.0528. The van der Waals surface area contributed by atoms with E-state index in [4.69, 9.17) is 0 Å². The molecule has 2 aromatic rings. The van der Waals surface area contributed by atoms with Crippen molar-refractivity contribution in [1.82, 2.24) is 25.0 Å². The molecule has 24 heavy (non-hydrogen) atoms. The molecule has 7 nitrogen and oxygen atoms in total. The lowest BCUT2D eigenvalue weighted by atomic mass is 9.78. The zero-order valence-corrected chi connectivity index (χ0v) is 14.2. The number of rotatable bonds is 1. The van der Waals surface area contributed by atoms with Crippen LogP contribution in [0.25, 0.3) is 11.0 Å². The molecule has 2 N–H and O–H groups in total. The summed E-state index contributed by atoms with van der Waals surface area (Å²) in [5.74, 6) is -0.0528. The summed E-state index contributed by atoms with van der Waals surface area (Å²) in [7, 11) is 1.74. The van der Waals surface area contributed by atoms with Crippen LogP contribution in [0.4, 0.5) is 0 Å². The Morgan fingerprint density at radius 3 is 2.71 bits per heavy atom. The number of carbonyl (C=O) groups excluding carboxylic acids is 1. The highest BCUT2D eigenvalue weighted by atomic mass is 16.2. The normalized spacial score (nSPS) is 20.2. The predicted octanol–water partition coefficient (Wildman–Crippen LogP) is 0.786. The number of aromatic nitrogens is 3. The summed E-state index contributed by atoms with van der Waals surface area (Å²) in [6.07, 6.45) is 3.26. The van der Waals surface area contributed by atoms with Gasteiger partial charge < -0.3 is 10.2 Å². The predicted molar refractivity (Wildman–Crippen MR) is 91.1 cm³/mol. The Labute approximate surface area is 140 Å². The average Bonchev–Trinajstić information content (AvgIpc) is 3.12. The van der Waals surface area contributed by atoms with Crippen molar-refractivity contribution in [2.24, 2.45) is 12.5 Å². The molecule has 4 rings (SSSR count). The molecule has 0 aromatic carbocycles.